The molecule has 0 spiro atoms. The maximum Gasteiger partial charge on any atom is 0.279 e. The van der Waals surface area contributed by atoms with E-state index in [1.54, 1.807) is 0 Å². The third kappa shape index (κ3) is 3.77. The summed E-state index contributed by atoms with van der Waals surface area (Å²) < 4.78 is 0. The monoisotopic (exact) mass is 254 g/mol. The normalized spacial score (nSPS) is 10.3. The third-order valence-electron chi connectivity index (χ3n) is 2.58. The molecule has 0 saturated heterocycles. The molecule has 0 unspecified atom stereocenters. The Kier molecular flexibility index (Phi) is 5.19. The number of nitro benzene ring substituents is 2. The lowest BCUT2D eigenvalue weighted by Crippen LogP contribution is -1.98. The second-order valence-corrected chi connectivity index (χ2v) is 3.86. The van der Waals surface area contributed by atoms with Gasteiger partial charge in [0.25, 0.3) is 11.4 Å². The number of hydrogen-bond donors (Lipinski definition) is 1. The van der Waals surface area contributed by atoms with Gasteiger partial charge in [-0.1, -0.05) is 6.42 Å². The molecule has 1 N–H and O–H groups in total. The topological polar surface area (TPSA) is 107 Å². The van der Waals surface area contributed by atoms with Crippen LogP contribution in [0.3, 0.4) is 0 Å². The Morgan fingerprint density at radius 3 is 2.33 bits per heavy atom. The fraction of sp³-hybridized carbons (Fsp3) is 0.455. The maximum absolute atomic E-state index is 10.8. The number of rotatable bonds is 7. The van der Waals surface area contributed by atoms with Gasteiger partial charge in [0, 0.05) is 18.2 Å². The van der Waals surface area contributed by atoms with Crippen molar-refractivity contribution in [3.05, 3.63) is 44.0 Å². The highest BCUT2D eigenvalue weighted by atomic mass is 16.6. The summed E-state index contributed by atoms with van der Waals surface area (Å²) in [6, 6.07) is 3.69. The van der Waals surface area contributed by atoms with Crippen molar-refractivity contribution in [3.8, 4) is 0 Å². The Labute approximate surface area is 103 Å². The summed E-state index contributed by atoms with van der Waals surface area (Å²) in [5.41, 5.74) is -0.00227. The first-order chi connectivity index (χ1) is 8.56. The molecule has 0 aromatic heterocycles. The minimum atomic E-state index is -0.650. The van der Waals surface area contributed by atoms with Crippen LogP contribution in [-0.4, -0.2) is 21.6 Å². The fourth-order valence-electron chi connectivity index (χ4n) is 1.65. The molecular formula is C11H14N2O5. The molecule has 18 heavy (non-hydrogen) atoms. The summed E-state index contributed by atoms with van der Waals surface area (Å²) in [4.78, 5) is 20.1. The molecule has 1 aromatic rings. The van der Waals surface area contributed by atoms with Crippen molar-refractivity contribution in [2.75, 3.05) is 6.61 Å². The van der Waals surface area contributed by atoms with E-state index < -0.39 is 9.85 Å². The van der Waals surface area contributed by atoms with Gasteiger partial charge in [0.05, 0.1) is 15.9 Å². The van der Waals surface area contributed by atoms with Crippen molar-refractivity contribution in [2.24, 2.45) is 0 Å². The lowest BCUT2D eigenvalue weighted by Gasteiger charge is -2.02. The quantitative estimate of drug-likeness (QED) is 0.456. The van der Waals surface area contributed by atoms with Crippen molar-refractivity contribution in [1.82, 2.24) is 0 Å². The van der Waals surface area contributed by atoms with Crippen LogP contribution in [0.4, 0.5) is 11.4 Å². The molecule has 0 heterocycles. The summed E-state index contributed by atoms with van der Waals surface area (Å²) in [5, 5.41) is 30.0. The van der Waals surface area contributed by atoms with Gasteiger partial charge in [-0.2, -0.15) is 0 Å². The summed E-state index contributed by atoms with van der Waals surface area (Å²) >= 11 is 0. The van der Waals surface area contributed by atoms with Gasteiger partial charge in [0.1, 0.15) is 0 Å². The van der Waals surface area contributed by atoms with E-state index in [0.717, 1.165) is 12.5 Å². The van der Waals surface area contributed by atoms with E-state index in [0.29, 0.717) is 24.8 Å². The number of nitrogens with zero attached hydrogens (tertiary/aromatic N) is 2. The summed E-state index contributed by atoms with van der Waals surface area (Å²) in [7, 11) is 0. The van der Waals surface area contributed by atoms with Gasteiger partial charge >= 0.3 is 0 Å². The van der Waals surface area contributed by atoms with E-state index in [1.165, 1.54) is 12.1 Å². The van der Waals surface area contributed by atoms with Crippen LogP contribution in [0.5, 0.6) is 0 Å². The zero-order valence-corrected chi connectivity index (χ0v) is 9.74. The van der Waals surface area contributed by atoms with E-state index in [4.69, 9.17) is 5.11 Å². The number of aliphatic hydroxyl groups is 1. The Morgan fingerprint density at radius 2 is 1.78 bits per heavy atom. The van der Waals surface area contributed by atoms with Crippen LogP contribution in [0.15, 0.2) is 18.2 Å². The van der Waals surface area contributed by atoms with Crippen LogP contribution in [0.1, 0.15) is 24.8 Å². The van der Waals surface area contributed by atoms with Gasteiger partial charge in [0.2, 0.25) is 0 Å². The number of hydrogen-bond acceptors (Lipinski definition) is 5. The fourth-order valence-corrected chi connectivity index (χ4v) is 1.65. The average molecular weight is 254 g/mol. The number of non-ortho nitro benzene ring substituents is 1. The van der Waals surface area contributed by atoms with E-state index in [2.05, 4.69) is 0 Å². The number of aliphatic hydroxyl groups excluding tert-OH is 1. The molecule has 0 aliphatic carbocycles. The molecule has 0 saturated carbocycles. The Hall–Kier alpha value is -2.02. The van der Waals surface area contributed by atoms with Crippen LogP contribution in [-0.2, 0) is 6.42 Å². The Balaban J connectivity index is 2.83. The summed E-state index contributed by atoms with van der Waals surface area (Å²) in [5.74, 6) is 0. The molecule has 7 nitrogen and oxygen atoms in total. The second-order valence-electron chi connectivity index (χ2n) is 3.86. The van der Waals surface area contributed by atoms with Crippen molar-refractivity contribution in [1.29, 1.82) is 0 Å². The second kappa shape index (κ2) is 6.65. The number of nitro groups is 2. The predicted octanol–water partition coefficient (Wildman–Crippen LogP) is 2.21. The highest BCUT2D eigenvalue weighted by molar-refractivity contribution is 5.49. The van der Waals surface area contributed by atoms with Gasteiger partial charge < -0.3 is 5.11 Å². The van der Waals surface area contributed by atoms with E-state index in [1.807, 2.05) is 0 Å². The Bertz CT molecular complexity index is 447. The molecule has 1 rings (SSSR count). The van der Waals surface area contributed by atoms with Crippen LogP contribution < -0.4 is 0 Å². The van der Waals surface area contributed by atoms with E-state index in [-0.39, 0.29) is 18.0 Å². The number of unbranched alkanes of at least 4 members (excludes halogenated alkanes) is 2. The minimum absolute atomic E-state index is 0.0996. The van der Waals surface area contributed by atoms with Crippen molar-refractivity contribution < 1.29 is 15.0 Å². The van der Waals surface area contributed by atoms with Crippen LogP contribution in [0.2, 0.25) is 0 Å². The first-order valence-corrected chi connectivity index (χ1v) is 5.59. The lowest BCUT2D eigenvalue weighted by atomic mass is 10.0. The van der Waals surface area contributed by atoms with Gasteiger partial charge in [-0.05, 0) is 25.3 Å². The van der Waals surface area contributed by atoms with Crippen molar-refractivity contribution in [2.45, 2.75) is 25.7 Å². The molecule has 0 atom stereocenters. The smallest absolute Gasteiger partial charge is 0.279 e. The van der Waals surface area contributed by atoms with Crippen molar-refractivity contribution in [3.63, 3.8) is 0 Å². The van der Waals surface area contributed by atoms with E-state index >= 15 is 0 Å². The minimum Gasteiger partial charge on any atom is -0.396 e. The lowest BCUT2D eigenvalue weighted by molar-refractivity contribution is -0.394. The zero-order valence-electron chi connectivity index (χ0n) is 9.74. The predicted molar refractivity (Wildman–Crippen MR) is 64.4 cm³/mol. The largest absolute Gasteiger partial charge is 0.396 e. The molecular weight excluding hydrogens is 240 g/mol. The first kappa shape index (κ1) is 14.0. The first-order valence-electron chi connectivity index (χ1n) is 5.59. The molecule has 0 fully saturated rings. The summed E-state index contributed by atoms with van der Waals surface area (Å²) in [6.07, 6.45) is 2.61. The van der Waals surface area contributed by atoms with Crippen molar-refractivity contribution >= 4 is 11.4 Å². The van der Waals surface area contributed by atoms with E-state index in [9.17, 15) is 20.2 Å². The highest BCUT2D eigenvalue weighted by Crippen LogP contribution is 2.25. The van der Waals surface area contributed by atoms with Crippen LogP contribution in [0, 0.1) is 20.2 Å². The number of aryl methyl sites for hydroxylation is 1. The molecule has 7 heteroatoms. The SMILES string of the molecule is O=[N+]([O-])c1ccc(CCCCCO)c([N+](=O)[O-])c1. The highest BCUT2D eigenvalue weighted by Gasteiger charge is 2.18. The Morgan fingerprint density at radius 1 is 1.06 bits per heavy atom. The third-order valence-corrected chi connectivity index (χ3v) is 2.58. The molecule has 0 bridgehead atoms. The van der Waals surface area contributed by atoms with Crippen LogP contribution in [0.25, 0.3) is 0 Å². The van der Waals surface area contributed by atoms with Gasteiger partial charge in [-0.25, -0.2) is 0 Å². The summed E-state index contributed by atoms with van der Waals surface area (Å²) in [6.45, 7) is 0.0996. The molecule has 0 amide bonds. The molecule has 98 valence electrons. The molecule has 0 radical (unpaired) electrons. The maximum atomic E-state index is 10.8. The average Bonchev–Trinajstić information content (AvgIpc) is 2.34. The number of benzene rings is 1. The molecule has 0 aliphatic rings. The van der Waals surface area contributed by atoms with Gasteiger partial charge in [-0.3, -0.25) is 20.2 Å². The standard InChI is InChI=1S/C11H14N2O5/c14-7-3-1-2-4-9-5-6-10(12(15)16)8-11(9)13(17)18/h5-6,8,14H,1-4,7H2. The molecule has 0 aliphatic heterocycles. The molecule has 1 aromatic carbocycles. The van der Waals surface area contributed by atoms with Gasteiger partial charge in [0.15, 0.2) is 0 Å². The van der Waals surface area contributed by atoms with Gasteiger partial charge in [-0.15, -0.1) is 0 Å². The van der Waals surface area contributed by atoms with Crippen LogP contribution >= 0.6 is 0 Å². The zero-order chi connectivity index (χ0) is 13.5.